The number of anilines is 2. The molecule has 0 aliphatic heterocycles. The van der Waals surface area contributed by atoms with E-state index >= 15 is 0 Å². The molecule has 2 rings (SSSR count). The summed E-state index contributed by atoms with van der Waals surface area (Å²) in [5.41, 5.74) is 5.40. The van der Waals surface area contributed by atoms with Crippen LogP contribution in [-0.4, -0.2) is 12.1 Å². The van der Waals surface area contributed by atoms with Crippen LogP contribution in [0.3, 0.4) is 0 Å². The van der Waals surface area contributed by atoms with E-state index in [-0.39, 0.29) is 0 Å². The summed E-state index contributed by atoms with van der Waals surface area (Å²) in [6, 6.07) is 12.2. The zero-order valence-corrected chi connectivity index (χ0v) is 12.7. The molecule has 0 aliphatic carbocycles. The second-order valence-electron chi connectivity index (χ2n) is 4.18. The average molecular weight is 339 g/mol. The number of carbonyl (C=O) groups excluding carboxylic acids is 2. The zero-order chi connectivity index (χ0) is 15.9. The summed E-state index contributed by atoms with van der Waals surface area (Å²) >= 11 is 11.6. The van der Waals surface area contributed by atoms with Crippen molar-refractivity contribution in [1.29, 1.82) is 0 Å². The molecule has 0 saturated heterocycles. The van der Waals surface area contributed by atoms with E-state index in [1.54, 1.807) is 24.3 Å². The van der Waals surface area contributed by atoms with E-state index < -0.39 is 12.1 Å². The molecule has 2 aromatic rings. The molecule has 0 unspecified atom stereocenters. The first-order chi connectivity index (χ1) is 10.5. The van der Waals surface area contributed by atoms with Crippen LogP contribution >= 0.6 is 23.2 Å². The molecule has 0 heterocycles. The predicted molar refractivity (Wildman–Crippen MR) is 87.2 cm³/mol. The van der Waals surface area contributed by atoms with Crippen LogP contribution in [-0.2, 0) is 0 Å². The summed E-state index contributed by atoms with van der Waals surface area (Å²) in [5.74, 6) is 0. The SMILES string of the molecule is O=C(NNC(=O)Nc1cc(Cl)cc(Cl)c1)Nc1ccccc1. The summed E-state index contributed by atoms with van der Waals surface area (Å²) in [6.07, 6.45) is 0. The quantitative estimate of drug-likeness (QED) is 0.627. The van der Waals surface area contributed by atoms with Crippen molar-refractivity contribution in [2.45, 2.75) is 0 Å². The summed E-state index contributed by atoms with van der Waals surface area (Å²) in [6.45, 7) is 0. The molecule has 0 atom stereocenters. The zero-order valence-electron chi connectivity index (χ0n) is 11.2. The Bertz CT molecular complexity index is 660. The van der Waals surface area contributed by atoms with Crippen molar-refractivity contribution in [2.24, 2.45) is 0 Å². The van der Waals surface area contributed by atoms with Crippen LogP contribution in [0.4, 0.5) is 21.0 Å². The molecule has 6 nitrogen and oxygen atoms in total. The minimum Gasteiger partial charge on any atom is -0.307 e. The molecule has 0 saturated carbocycles. The number of amides is 4. The van der Waals surface area contributed by atoms with E-state index in [4.69, 9.17) is 23.2 Å². The summed E-state index contributed by atoms with van der Waals surface area (Å²) in [7, 11) is 0. The number of para-hydroxylation sites is 1. The summed E-state index contributed by atoms with van der Waals surface area (Å²) in [4.78, 5) is 23.2. The highest BCUT2D eigenvalue weighted by molar-refractivity contribution is 6.35. The fourth-order valence-corrected chi connectivity index (χ4v) is 2.11. The number of benzene rings is 2. The average Bonchev–Trinajstić information content (AvgIpc) is 2.45. The van der Waals surface area contributed by atoms with Crippen molar-refractivity contribution in [3.8, 4) is 0 Å². The van der Waals surface area contributed by atoms with Gasteiger partial charge in [0.15, 0.2) is 0 Å². The lowest BCUT2D eigenvalue weighted by atomic mass is 10.3. The first-order valence-corrected chi connectivity index (χ1v) is 6.93. The number of hydrogen-bond donors (Lipinski definition) is 4. The monoisotopic (exact) mass is 338 g/mol. The highest BCUT2D eigenvalue weighted by Gasteiger charge is 2.06. The molecule has 114 valence electrons. The third-order valence-corrected chi connectivity index (χ3v) is 2.88. The number of hydrazine groups is 1. The van der Waals surface area contributed by atoms with Crippen LogP contribution in [0.5, 0.6) is 0 Å². The minimum atomic E-state index is -0.637. The highest BCUT2D eigenvalue weighted by atomic mass is 35.5. The molecule has 0 bridgehead atoms. The van der Waals surface area contributed by atoms with Crippen molar-refractivity contribution in [3.05, 3.63) is 58.6 Å². The van der Waals surface area contributed by atoms with Gasteiger partial charge in [-0.2, -0.15) is 0 Å². The Hall–Kier alpha value is -2.44. The Kier molecular flexibility index (Phi) is 5.46. The van der Waals surface area contributed by atoms with Gasteiger partial charge < -0.3 is 10.6 Å². The summed E-state index contributed by atoms with van der Waals surface area (Å²) in [5, 5.41) is 5.80. The van der Waals surface area contributed by atoms with Gasteiger partial charge in [0.1, 0.15) is 0 Å². The number of hydrogen-bond acceptors (Lipinski definition) is 2. The van der Waals surface area contributed by atoms with Crippen molar-refractivity contribution in [2.75, 3.05) is 10.6 Å². The molecule has 0 radical (unpaired) electrons. The minimum absolute atomic E-state index is 0.387. The first kappa shape index (κ1) is 15.9. The first-order valence-electron chi connectivity index (χ1n) is 6.18. The lowest BCUT2D eigenvalue weighted by Crippen LogP contribution is -2.45. The van der Waals surface area contributed by atoms with Crippen LogP contribution in [0.15, 0.2) is 48.5 Å². The standard InChI is InChI=1S/C14H12Cl2N4O2/c15-9-6-10(16)8-12(7-9)18-14(22)20-19-13(21)17-11-4-2-1-3-5-11/h1-8H,(H2,17,19,21)(H2,18,20,22). The van der Waals surface area contributed by atoms with Gasteiger partial charge in [0, 0.05) is 21.4 Å². The smallest absolute Gasteiger partial charge is 0.307 e. The van der Waals surface area contributed by atoms with Gasteiger partial charge in [-0.25, -0.2) is 20.4 Å². The molecule has 0 fully saturated rings. The van der Waals surface area contributed by atoms with Gasteiger partial charge in [-0.15, -0.1) is 0 Å². The number of carbonyl (C=O) groups is 2. The molecule has 0 aliphatic rings. The van der Waals surface area contributed by atoms with Gasteiger partial charge in [-0.3, -0.25) is 0 Å². The van der Waals surface area contributed by atoms with E-state index in [1.807, 2.05) is 6.07 Å². The van der Waals surface area contributed by atoms with Crippen LogP contribution in [0.2, 0.25) is 10.0 Å². The molecule has 2 aromatic carbocycles. The Morgan fingerprint density at radius 3 is 1.77 bits per heavy atom. The topological polar surface area (TPSA) is 82.3 Å². The normalized spacial score (nSPS) is 9.73. The molecular weight excluding hydrogens is 327 g/mol. The molecule has 22 heavy (non-hydrogen) atoms. The Morgan fingerprint density at radius 1 is 0.727 bits per heavy atom. The van der Waals surface area contributed by atoms with Gasteiger partial charge >= 0.3 is 12.1 Å². The van der Waals surface area contributed by atoms with Gasteiger partial charge in [-0.1, -0.05) is 41.4 Å². The molecule has 4 N–H and O–H groups in total. The predicted octanol–water partition coefficient (Wildman–Crippen LogP) is 3.85. The Labute approximate surface area is 136 Å². The van der Waals surface area contributed by atoms with Gasteiger partial charge in [0.25, 0.3) is 0 Å². The van der Waals surface area contributed by atoms with E-state index in [9.17, 15) is 9.59 Å². The van der Waals surface area contributed by atoms with Crippen LogP contribution in [0.1, 0.15) is 0 Å². The number of halogens is 2. The highest BCUT2D eigenvalue weighted by Crippen LogP contribution is 2.22. The fraction of sp³-hybridized carbons (Fsp3) is 0. The molecule has 8 heteroatoms. The maximum Gasteiger partial charge on any atom is 0.337 e. The fourth-order valence-electron chi connectivity index (χ4n) is 1.59. The molecule has 4 amide bonds. The molecular formula is C14H12Cl2N4O2. The second-order valence-corrected chi connectivity index (χ2v) is 5.06. The van der Waals surface area contributed by atoms with E-state index in [0.717, 1.165) is 0 Å². The maximum absolute atomic E-state index is 11.6. The molecule has 0 aromatic heterocycles. The van der Waals surface area contributed by atoms with Crippen LogP contribution in [0, 0.1) is 0 Å². The van der Waals surface area contributed by atoms with E-state index in [1.165, 1.54) is 18.2 Å². The summed E-state index contributed by atoms with van der Waals surface area (Å²) < 4.78 is 0. The van der Waals surface area contributed by atoms with Gasteiger partial charge in [-0.05, 0) is 30.3 Å². The Morgan fingerprint density at radius 2 is 1.23 bits per heavy atom. The number of urea groups is 2. The Balaban J connectivity index is 1.81. The van der Waals surface area contributed by atoms with Gasteiger partial charge in [0.2, 0.25) is 0 Å². The van der Waals surface area contributed by atoms with Crippen molar-refractivity contribution in [1.82, 2.24) is 10.9 Å². The van der Waals surface area contributed by atoms with E-state index in [2.05, 4.69) is 21.5 Å². The third kappa shape index (κ3) is 5.16. The lowest BCUT2D eigenvalue weighted by molar-refractivity contribution is 0.237. The maximum atomic E-state index is 11.6. The number of nitrogens with one attached hydrogen (secondary N) is 4. The van der Waals surface area contributed by atoms with Crippen molar-refractivity contribution >= 4 is 46.6 Å². The van der Waals surface area contributed by atoms with Crippen LogP contribution in [0.25, 0.3) is 0 Å². The largest absolute Gasteiger partial charge is 0.337 e. The van der Waals surface area contributed by atoms with Crippen molar-refractivity contribution < 1.29 is 9.59 Å². The lowest BCUT2D eigenvalue weighted by Gasteiger charge is -2.10. The van der Waals surface area contributed by atoms with Crippen LogP contribution < -0.4 is 21.5 Å². The molecule has 0 spiro atoms. The van der Waals surface area contributed by atoms with E-state index in [0.29, 0.717) is 21.4 Å². The van der Waals surface area contributed by atoms with Gasteiger partial charge in [0.05, 0.1) is 0 Å². The number of rotatable bonds is 2. The third-order valence-electron chi connectivity index (χ3n) is 2.44. The second kappa shape index (κ2) is 7.53. The van der Waals surface area contributed by atoms with Crippen molar-refractivity contribution in [3.63, 3.8) is 0 Å².